The van der Waals surface area contributed by atoms with Crippen molar-refractivity contribution in [2.24, 2.45) is 16.1 Å². The Balaban J connectivity index is 1.09. The average molecular weight is 563 g/mol. The molecule has 1 saturated carbocycles. The Labute approximate surface area is 235 Å². The predicted octanol–water partition coefficient (Wildman–Crippen LogP) is 4.38. The minimum atomic E-state index is -0.0877. The number of hydrogen-bond acceptors (Lipinski definition) is 10. The van der Waals surface area contributed by atoms with Gasteiger partial charge in [0.25, 0.3) is 0 Å². The van der Waals surface area contributed by atoms with Gasteiger partial charge in [0.15, 0.2) is 0 Å². The van der Waals surface area contributed by atoms with E-state index in [1.165, 1.54) is 11.3 Å². The lowest BCUT2D eigenvalue weighted by molar-refractivity contribution is -0.119. The topological polar surface area (TPSA) is 134 Å². The molecule has 10 nitrogen and oxygen atoms in total. The molecule has 0 aromatic carbocycles. The molecule has 2 amide bonds. The third-order valence-corrected chi connectivity index (χ3v) is 8.77. The number of thioether (sulfide) groups is 1. The number of amidine groups is 1. The molecule has 1 aliphatic carbocycles. The number of carbonyl (C=O) groups excluding carboxylic acids is 2. The summed E-state index contributed by atoms with van der Waals surface area (Å²) in [6, 6.07) is 11.4. The lowest BCUT2D eigenvalue weighted by atomic mass is 9.82. The summed E-state index contributed by atoms with van der Waals surface area (Å²) in [6.45, 7) is 0. The van der Waals surface area contributed by atoms with E-state index in [4.69, 9.17) is 0 Å². The highest BCUT2D eigenvalue weighted by Gasteiger charge is 2.30. The standard InChI is InChI=1S/C27H30N8O2S2/c36-23(12-10-20-8-1-3-14-28-20)30-22-17-38-25(33-32-22)18-6-5-7-19(16-18)26-34-35-27(39-26)31-24(37)13-11-21-9-2-4-15-29-21/h1-4,8-9,14-15,18-19H,5-7,10-13,16-17H2,(H,30,32,36)(H,31,35,37)/t18-,19-/m0/s1. The van der Waals surface area contributed by atoms with Crippen molar-refractivity contribution in [3.8, 4) is 0 Å². The SMILES string of the molecule is O=C(CCc1ccccn1)NC1=NN=C([C@H]2CCC[C@H](c3nnc(NC(=O)CCc4ccccn4)s3)C2)SC1. The van der Waals surface area contributed by atoms with Crippen LogP contribution >= 0.6 is 23.1 Å². The molecule has 1 aliphatic heterocycles. The summed E-state index contributed by atoms with van der Waals surface area (Å²) >= 11 is 3.10. The Morgan fingerprint density at radius 2 is 1.54 bits per heavy atom. The van der Waals surface area contributed by atoms with E-state index in [1.54, 1.807) is 24.2 Å². The smallest absolute Gasteiger partial charge is 0.226 e. The molecule has 1 fully saturated rings. The lowest BCUT2D eigenvalue weighted by Gasteiger charge is -2.28. The molecule has 4 heterocycles. The second kappa shape index (κ2) is 13.5. The van der Waals surface area contributed by atoms with Gasteiger partial charge in [-0.05, 0) is 56.4 Å². The van der Waals surface area contributed by atoms with Crippen LogP contribution in [-0.4, -0.2) is 48.6 Å². The monoisotopic (exact) mass is 562 g/mol. The van der Waals surface area contributed by atoms with Gasteiger partial charge in [-0.2, -0.15) is 0 Å². The third-order valence-electron chi connectivity index (χ3n) is 6.64. The van der Waals surface area contributed by atoms with Crippen molar-refractivity contribution in [3.05, 3.63) is 65.2 Å². The van der Waals surface area contributed by atoms with Crippen molar-refractivity contribution in [3.63, 3.8) is 0 Å². The van der Waals surface area contributed by atoms with E-state index in [0.29, 0.717) is 48.3 Å². The molecule has 202 valence electrons. The number of anilines is 1. The number of amides is 2. The van der Waals surface area contributed by atoms with E-state index in [1.807, 2.05) is 36.4 Å². The second-order valence-corrected chi connectivity index (χ2v) is 11.5. The summed E-state index contributed by atoms with van der Waals surface area (Å²) in [5, 5.41) is 25.7. The van der Waals surface area contributed by atoms with Crippen LogP contribution in [0.15, 0.2) is 59.0 Å². The maximum atomic E-state index is 12.4. The van der Waals surface area contributed by atoms with Gasteiger partial charge in [-0.25, -0.2) is 0 Å². The van der Waals surface area contributed by atoms with E-state index in [2.05, 4.69) is 41.0 Å². The van der Waals surface area contributed by atoms with Gasteiger partial charge in [-0.1, -0.05) is 29.9 Å². The Morgan fingerprint density at radius 3 is 2.18 bits per heavy atom. The summed E-state index contributed by atoms with van der Waals surface area (Å²) in [5.41, 5.74) is 1.78. The Bertz CT molecular complexity index is 1330. The van der Waals surface area contributed by atoms with Gasteiger partial charge >= 0.3 is 0 Å². The maximum absolute atomic E-state index is 12.4. The van der Waals surface area contributed by atoms with Crippen LogP contribution in [0.2, 0.25) is 0 Å². The highest BCUT2D eigenvalue weighted by Crippen LogP contribution is 2.40. The van der Waals surface area contributed by atoms with Crippen molar-refractivity contribution in [2.75, 3.05) is 11.1 Å². The highest BCUT2D eigenvalue weighted by molar-refractivity contribution is 8.14. The normalized spacial score (nSPS) is 19.1. The largest absolute Gasteiger partial charge is 0.312 e. The van der Waals surface area contributed by atoms with Gasteiger partial charge in [0.2, 0.25) is 16.9 Å². The molecule has 3 aromatic rings. The van der Waals surface area contributed by atoms with Crippen LogP contribution in [-0.2, 0) is 22.4 Å². The fourth-order valence-electron chi connectivity index (χ4n) is 4.64. The van der Waals surface area contributed by atoms with Crippen LogP contribution in [0.25, 0.3) is 0 Å². The number of carbonyl (C=O) groups is 2. The molecule has 2 atom stereocenters. The number of aromatic nitrogens is 4. The van der Waals surface area contributed by atoms with E-state index in [-0.39, 0.29) is 17.7 Å². The van der Waals surface area contributed by atoms with Gasteiger partial charge in [-0.15, -0.1) is 32.2 Å². The first-order valence-corrected chi connectivity index (χ1v) is 14.9. The molecule has 12 heteroatoms. The van der Waals surface area contributed by atoms with Gasteiger partial charge in [0, 0.05) is 48.5 Å². The quantitative estimate of drug-likeness (QED) is 0.395. The molecule has 3 aromatic heterocycles. The molecule has 0 saturated heterocycles. The van der Waals surface area contributed by atoms with Crippen molar-refractivity contribution >= 4 is 50.9 Å². The minimum absolute atomic E-state index is 0.0766. The predicted molar refractivity (Wildman–Crippen MR) is 154 cm³/mol. The van der Waals surface area contributed by atoms with Crippen LogP contribution in [0, 0.1) is 5.92 Å². The molecule has 2 N–H and O–H groups in total. The first kappa shape index (κ1) is 27.1. The zero-order valence-electron chi connectivity index (χ0n) is 21.5. The molecule has 0 unspecified atom stereocenters. The molecular weight excluding hydrogens is 532 g/mol. The zero-order valence-corrected chi connectivity index (χ0v) is 23.1. The number of pyridine rings is 2. The fourth-order valence-corrected chi connectivity index (χ4v) is 6.51. The van der Waals surface area contributed by atoms with Crippen molar-refractivity contribution in [1.29, 1.82) is 0 Å². The van der Waals surface area contributed by atoms with Crippen molar-refractivity contribution < 1.29 is 9.59 Å². The first-order chi connectivity index (χ1) is 19.1. The fraction of sp³-hybridized carbons (Fsp3) is 0.407. The first-order valence-electron chi connectivity index (χ1n) is 13.1. The summed E-state index contributed by atoms with van der Waals surface area (Å²) in [6.07, 6.45) is 9.43. The minimum Gasteiger partial charge on any atom is -0.312 e. The number of rotatable bonds is 9. The van der Waals surface area contributed by atoms with E-state index in [0.717, 1.165) is 47.1 Å². The average Bonchev–Trinajstić information content (AvgIpc) is 3.45. The number of nitrogens with one attached hydrogen (secondary N) is 2. The summed E-state index contributed by atoms with van der Waals surface area (Å²) < 4.78 is 0. The van der Waals surface area contributed by atoms with Crippen LogP contribution in [0.3, 0.4) is 0 Å². The maximum Gasteiger partial charge on any atom is 0.226 e. The number of nitrogens with zero attached hydrogens (tertiary/aromatic N) is 6. The molecule has 2 aliphatic rings. The van der Waals surface area contributed by atoms with Gasteiger partial charge in [0.05, 0.1) is 10.8 Å². The van der Waals surface area contributed by atoms with Crippen LogP contribution < -0.4 is 10.6 Å². The highest BCUT2D eigenvalue weighted by atomic mass is 32.2. The van der Waals surface area contributed by atoms with E-state index < -0.39 is 0 Å². The Hall–Kier alpha value is -3.51. The molecule has 0 bridgehead atoms. The lowest BCUT2D eigenvalue weighted by Crippen LogP contribution is -2.34. The molecule has 0 radical (unpaired) electrons. The molecular formula is C27H30N8O2S2. The van der Waals surface area contributed by atoms with Crippen LogP contribution in [0.4, 0.5) is 5.13 Å². The summed E-state index contributed by atoms with van der Waals surface area (Å²) in [4.78, 5) is 33.2. The second-order valence-electron chi connectivity index (χ2n) is 9.52. The van der Waals surface area contributed by atoms with Crippen molar-refractivity contribution in [2.45, 2.75) is 57.3 Å². The molecule has 5 rings (SSSR count). The van der Waals surface area contributed by atoms with E-state index in [9.17, 15) is 9.59 Å². The van der Waals surface area contributed by atoms with Gasteiger partial charge < -0.3 is 10.6 Å². The third kappa shape index (κ3) is 7.99. The number of hydrogen-bond donors (Lipinski definition) is 2. The van der Waals surface area contributed by atoms with Crippen molar-refractivity contribution in [1.82, 2.24) is 25.5 Å². The summed E-state index contributed by atoms with van der Waals surface area (Å²) in [5.74, 6) is 1.61. The van der Waals surface area contributed by atoms with Gasteiger partial charge in [-0.3, -0.25) is 19.6 Å². The zero-order chi connectivity index (χ0) is 26.9. The van der Waals surface area contributed by atoms with Crippen LogP contribution in [0.5, 0.6) is 0 Å². The van der Waals surface area contributed by atoms with E-state index >= 15 is 0 Å². The Morgan fingerprint density at radius 1 is 0.846 bits per heavy atom. The molecule has 0 spiro atoms. The van der Waals surface area contributed by atoms with Crippen LogP contribution in [0.1, 0.15) is 60.8 Å². The summed E-state index contributed by atoms with van der Waals surface area (Å²) in [7, 11) is 0. The van der Waals surface area contributed by atoms with Gasteiger partial charge in [0.1, 0.15) is 10.8 Å². The number of aryl methyl sites for hydroxylation is 2. The molecule has 39 heavy (non-hydrogen) atoms. The Kier molecular flexibility index (Phi) is 9.38.